The SMILES string of the molecule is CCC(C)(C)CC[C@@](C)(CCC(C)(C)[C@]1(C)CC[C@H]2C(C)(C)C(=O)C(C#N)=C[C@]2(C)[C@H]1CC(C)=O)C(C)=O. The average Bonchev–Trinajstić information content (AvgIpc) is 2.81. The summed E-state index contributed by atoms with van der Waals surface area (Å²) in [4.78, 5) is 38.9. The molecule has 2 rings (SSSR count). The molecule has 4 heteroatoms. The molecule has 0 unspecified atom stereocenters. The van der Waals surface area contributed by atoms with Crippen LogP contribution in [0.2, 0.25) is 0 Å². The van der Waals surface area contributed by atoms with Gasteiger partial charge < -0.3 is 4.79 Å². The van der Waals surface area contributed by atoms with Gasteiger partial charge in [-0.25, -0.2) is 0 Å². The standard InChI is InChI=1S/C34H55NO3/c1-13-29(4,5)16-18-32(10,24(3)37)19-17-30(6,7)34(12)15-14-26-31(8,9)28(38)25(22-35)21-33(26,11)27(34)20-23(2)36/h21,26-27H,13-20H2,1-12H3/t26-,27+,32-,33-,34+/m0/s1. The fourth-order valence-electron chi connectivity index (χ4n) is 7.85. The smallest absolute Gasteiger partial charge is 0.178 e. The Morgan fingerprint density at radius 3 is 2.03 bits per heavy atom. The lowest BCUT2D eigenvalue weighted by Gasteiger charge is -2.64. The molecule has 1 saturated carbocycles. The normalized spacial score (nSPS) is 31.0. The first-order chi connectivity index (χ1) is 17.1. The van der Waals surface area contributed by atoms with Gasteiger partial charge in [-0.05, 0) is 85.9 Å². The first-order valence-electron chi connectivity index (χ1n) is 14.8. The third-order valence-electron chi connectivity index (χ3n) is 12.0. The van der Waals surface area contributed by atoms with Crippen molar-refractivity contribution in [1.29, 1.82) is 5.26 Å². The Labute approximate surface area is 233 Å². The molecule has 0 saturated heterocycles. The number of carbonyl (C=O) groups excluding carboxylic acids is 3. The number of rotatable bonds is 11. The molecule has 4 nitrogen and oxygen atoms in total. The number of nitriles is 1. The Morgan fingerprint density at radius 2 is 1.55 bits per heavy atom. The van der Waals surface area contributed by atoms with E-state index in [9.17, 15) is 19.6 Å². The number of hydrogen-bond donors (Lipinski definition) is 0. The summed E-state index contributed by atoms with van der Waals surface area (Å²) in [6.07, 6.45) is 8.87. The second kappa shape index (κ2) is 10.7. The van der Waals surface area contributed by atoms with Crippen LogP contribution in [0.3, 0.4) is 0 Å². The topological polar surface area (TPSA) is 75.0 Å². The van der Waals surface area contributed by atoms with Gasteiger partial charge in [-0.2, -0.15) is 5.26 Å². The van der Waals surface area contributed by atoms with Crippen molar-refractivity contribution in [3.8, 4) is 6.07 Å². The fraction of sp³-hybridized carbons (Fsp3) is 0.824. The highest BCUT2D eigenvalue weighted by Crippen LogP contribution is 2.68. The van der Waals surface area contributed by atoms with Crippen LogP contribution < -0.4 is 0 Å². The van der Waals surface area contributed by atoms with Crippen molar-refractivity contribution in [2.75, 3.05) is 0 Å². The molecular weight excluding hydrogens is 470 g/mol. The van der Waals surface area contributed by atoms with Crippen LogP contribution in [0.4, 0.5) is 0 Å². The molecule has 0 amide bonds. The molecule has 38 heavy (non-hydrogen) atoms. The third kappa shape index (κ3) is 5.73. The van der Waals surface area contributed by atoms with Crippen LogP contribution in [0.5, 0.6) is 0 Å². The molecule has 5 atom stereocenters. The van der Waals surface area contributed by atoms with Crippen LogP contribution in [-0.2, 0) is 14.4 Å². The molecule has 0 aromatic heterocycles. The predicted octanol–water partition coefficient (Wildman–Crippen LogP) is 8.68. The molecule has 0 aliphatic heterocycles. The summed E-state index contributed by atoms with van der Waals surface area (Å²) in [5.41, 5.74) is -1.34. The van der Waals surface area contributed by atoms with E-state index in [1.54, 1.807) is 13.8 Å². The molecule has 0 radical (unpaired) electrons. The van der Waals surface area contributed by atoms with E-state index < -0.39 is 10.8 Å². The number of Topliss-reactive ketones (excluding diaryl/α,β-unsaturated/α-hetero) is 3. The van der Waals surface area contributed by atoms with Crippen LogP contribution in [0.1, 0.15) is 134 Å². The molecule has 2 aliphatic rings. The van der Waals surface area contributed by atoms with E-state index in [1.807, 2.05) is 19.9 Å². The van der Waals surface area contributed by atoms with Gasteiger partial charge in [0.25, 0.3) is 0 Å². The Kier molecular flexibility index (Phi) is 9.11. The second-order valence-corrected chi connectivity index (χ2v) is 15.6. The van der Waals surface area contributed by atoms with Gasteiger partial charge in [-0.1, -0.05) is 81.7 Å². The number of carbonyl (C=O) groups is 3. The highest BCUT2D eigenvalue weighted by atomic mass is 16.1. The van der Waals surface area contributed by atoms with E-state index in [4.69, 9.17) is 0 Å². The van der Waals surface area contributed by atoms with Gasteiger partial charge in [0.1, 0.15) is 17.6 Å². The summed E-state index contributed by atoms with van der Waals surface area (Å²) >= 11 is 0. The minimum absolute atomic E-state index is 0.000385. The van der Waals surface area contributed by atoms with Crippen LogP contribution in [-0.4, -0.2) is 17.3 Å². The van der Waals surface area contributed by atoms with Crippen LogP contribution >= 0.6 is 0 Å². The summed E-state index contributed by atoms with van der Waals surface area (Å²) < 4.78 is 0. The van der Waals surface area contributed by atoms with Gasteiger partial charge in [-0.15, -0.1) is 0 Å². The molecule has 0 heterocycles. The van der Waals surface area contributed by atoms with Crippen molar-refractivity contribution < 1.29 is 14.4 Å². The van der Waals surface area contributed by atoms with Crippen molar-refractivity contribution in [3.05, 3.63) is 11.6 Å². The molecule has 2 aliphatic carbocycles. The lowest BCUT2D eigenvalue weighted by atomic mass is 9.39. The lowest BCUT2D eigenvalue weighted by molar-refractivity contribution is -0.156. The van der Waals surface area contributed by atoms with Gasteiger partial charge in [0.05, 0.1) is 5.57 Å². The van der Waals surface area contributed by atoms with E-state index in [0.717, 1.165) is 44.9 Å². The van der Waals surface area contributed by atoms with Crippen LogP contribution in [0.25, 0.3) is 0 Å². The Balaban J connectivity index is 2.51. The highest BCUT2D eigenvalue weighted by molar-refractivity contribution is 6.04. The van der Waals surface area contributed by atoms with Crippen molar-refractivity contribution in [3.63, 3.8) is 0 Å². The molecule has 214 valence electrons. The highest BCUT2D eigenvalue weighted by Gasteiger charge is 2.63. The van der Waals surface area contributed by atoms with Crippen LogP contribution in [0.15, 0.2) is 11.6 Å². The van der Waals surface area contributed by atoms with E-state index >= 15 is 0 Å². The van der Waals surface area contributed by atoms with Gasteiger partial charge in [0, 0.05) is 17.3 Å². The molecule has 0 spiro atoms. The Hall–Kier alpha value is -1.76. The summed E-state index contributed by atoms with van der Waals surface area (Å²) in [6.45, 7) is 25.4. The minimum Gasteiger partial charge on any atom is -0.300 e. The number of hydrogen-bond acceptors (Lipinski definition) is 4. The lowest BCUT2D eigenvalue weighted by Crippen LogP contribution is -2.60. The third-order valence-corrected chi connectivity index (χ3v) is 12.0. The van der Waals surface area contributed by atoms with Crippen molar-refractivity contribution in [2.24, 2.45) is 44.3 Å². The second-order valence-electron chi connectivity index (χ2n) is 15.6. The molecule has 0 aromatic rings. The zero-order valence-corrected chi connectivity index (χ0v) is 26.6. The van der Waals surface area contributed by atoms with Gasteiger partial charge in [-0.3, -0.25) is 9.59 Å². The predicted molar refractivity (Wildman–Crippen MR) is 155 cm³/mol. The fourth-order valence-corrected chi connectivity index (χ4v) is 7.85. The maximum absolute atomic E-state index is 13.2. The number of nitrogens with zero attached hydrogens (tertiary/aromatic N) is 1. The first kappa shape index (κ1) is 32.5. The molecule has 0 N–H and O–H groups in total. The zero-order chi connectivity index (χ0) is 29.5. The first-order valence-corrected chi connectivity index (χ1v) is 14.8. The number of allylic oxidation sites excluding steroid dienone is 2. The maximum atomic E-state index is 13.2. The maximum Gasteiger partial charge on any atom is 0.178 e. The Morgan fingerprint density at radius 1 is 1.00 bits per heavy atom. The molecular formula is C34H55NO3. The largest absolute Gasteiger partial charge is 0.300 e. The average molecular weight is 526 g/mol. The van der Waals surface area contributed by atoms with E-state index in [-0.39, 0.29) is 56.4 Å². The van der Waals surface area contributed by atoms with Crippen molar-refractivity contribution >= 4 is 17.3 Å². The molecule has 0 aromatic carbocycles. The summed E-state index contributed by atoms with van der Waals surface area (Å²) in [7, 11) is 0. The van der Waals surface area contributed by atoms with Gasteiger partial charge in [0.2, 0.25) is 0 Å². The minimum atomic E-state index is -0.644. The summed E-state index contributed by atoms with van der Waals surface area (Å²) in [5.74, 6) is 0.414. The van der Waals surface area contributed by atoms with Gasteiger partial charge >= 0.3 is 0 Å². The van der Waals surface area contributed by atoms with E-state index in [2.05, 4.69) is 61.5 Å². The summed E-state index contributed by atoms with van der Waals surface area (Å²) in [5, 5.41) is 9.87. The van der Waals surface area contributed by atoms with E-state index in [1.165, 1.54) is 0 Å². The molecule has 1 fully saturated rings. The summed E-state index contributed by atoms with van der Waals surface area (Å²) in [6, 6.07) is 2.19. The monoisotopic (exact) mass is 525 g/mol. The Bertz CT molecular complexity index is 1020. The zero-order valence-electron chi connectivity index (χ0n) is 26.6. The number of ketones is 3. The van der Waals surface area contributed by atoms with Crippen molar-refractivity contribution in [2.45, 2.75) is 134 Å². The van der Waals surface area contributed by atoms with Gasteiger partial charge in [0.15, 0.2) is 5.78 Å². The van der Waals surface area contributed by atoms with E-state index in [0.29, 0.717) is 6.42 Å². The van der Waals surface area contributed by atoms with Crippen LogP contribution in [0, 0.1) is 55.7 Å². The quantitative estimate of drug-likeness (QED) is 0.270. The number of fused-ring (bicyclic) bond motifs is 1. The molecule has 0 bridgehead atoms. The van der Waals surface area contributed by atoms with Crippen molar-refractivity contribution in [1.82, 2.24) is 0 Å².